The minimum Gasteiger partial charge on any atom is -0.285 e. The molecule has 0 aliphatic heterocycles. The first-order chi connectivity index (χ1) is 6.25. The second-order valence-corrected chi connectivity index (χ2v) is 3.58. The molecule has 0 aliphatic carbocycles. The molecule has 1 aromatic carbocycles. The maximum absolute atomic E-state index is 11.2. The van der Waals surface area contributed by atoms with Crippen LogP contribution >= 0.6 is 11.3 Å². The van der Waals surface area contributed by atoms with Crippen LogP contribution in [0.25, 0.3) is 16.5 Å². The van der Waals surface area contributed by atoms with Crippen molar-refractivity contribution in [3.63, 3.8) is 0 Å². The van der Waals surface area contributed by atoms with Crippen molar-refractivity contribution >= 4 is 17.4 Å². The first-order valence-corrected chi connectivity index (χ1v) is 4.63. The van der Waals surface area contributed by atoms with Gasteiger partial charge >= 0.3 is 0 Å². The van der Waals surface area contributed by atoms with Gasteiger partial charge in [-0.1, -0.05) is 18.7 Å². The summed E-state index contributed by atoms with van der Waals surface area (Å²) < 4.78 is 0. The second kappa shape index (κ2) is 2.78. The van der Waals surface area contributed by atoms with E-state index in [1.807, 2.05) is 17.5 Å². The van der Waals surface area contributed by atoms with Crippen LogP contribution in [-0.4, -0.2) is 0 Å². The fourth-order valence-corrected chi connectivity index (χ4v) is 2.05. The van der Waals surface area contributed by atoms with E-state index in [1.54, 1.807) is 0 Å². The Balaban J connectivity index is 2.68. The highest BCUT2D eigenvalue weighted by molar-refractivity contribution is 7.13. The molecule has 0 N–H and O–H groups in total. The first-order valence-electron chi connectivity index (χ1n) is 3.75. The average molecular weight is 190 g/mol. The fourth-order valence-electron chi connectivity index (χ4n) is 1.27. The molecule has 2 rings (SSSR count). The molecular weight excluding hydrogens is 184 g/mol. The van der Waals surface area contributed by atoms with Crippen LogP contribution in [0.1, 0.15) is 5.56 Å². The van der Waals surface area contributed by atoms with Gasteiger partial charge in [0, 0.05) is 10.4 Å². The van der Waals surface area contributed by atoms with Gasteiger partial charge in [0.1, 0.15) is 0 Å². The van der Waals surface area contributed by atoms with Crippen LogP contribution in [0.4, 0.5) is 0 Å². The van der Waals surface area contributed by atoms with Gasteiger partial charge in [-0.2, -0.15) is 0 Å². The lowest BCUT2D eigenvalue weighted by molar-refractivity contribution is 1.40. The van der Waals surface area contributed by atoms with Crippen molar-refractivity contribution in [2.24, 2.45) is 0 Å². The SMILES string of the molecule is C=Cc1c(-c2cccs2)c(=O)c1=O. The molecule has 64 valence electrons. The largest absolute Gasteiger partial charge is 0.285 e. The van der Waals surface area contributed by atoms with Crippen LogP contribution in [0.15, 0.2) is 33.7 Å². The second-order valence-electron chi connectivity index (χ2n) is 2.63. The van der Waals surface area contributed by atoms with E-state index in [1.165, 1.54) is 17.4 Å². The van der Waals surface area contributed by atoms with Gasteiger partial charge < -0.3 is 0 Å². The van der Waals surface area contributed by atoms with Gasteiger partial charge in [0.2, 0.25) is 10.9 Å². The fraction of sp³-hybridized carbons (Fsp3) is 0. The summed E-state index contributed by atoms with van der Waals surface area (Å²) in [6, 6.07) is 3.68. The summed E-state index contributed by atoms with van der Waals surface area (Å²) in [6.07, 6.45) is 1.44. The first kappa shape index (κ1) is 8.13. The zero-order valence-corrected chi connectivity index (χ0v) is 7.56. The summed E-state index contributed by atoms with van der Waals surface area (Å²) in [7, 11) is 0. The Morgan fingerprint density at radius 3 is 2.62 bits per heavy atom. The van der Waals surface area contributed by atoms with Gasteiger partial charge in [0.05, 0.1) is 5.56 Å². The minimum absolute atomic E-state index is 0.391. The quantitative estimate of drug-likeness (QED) is 0.675. The van der Waals surface area contributed by atoms with E-state index in [0.717, 1.165) is 4.88 Å². The molecule has 0 amide bonds. The van der Waals surface area contributed by atoms with Gasteiger partial charge in [-0.05, 0) is 11.4 Å². The molecule has 1 aromatic heterocycles. The Morgan fingerprint density at radius 2 is 2.08 bits per heavy atom. The molecule has 1 heterocycles. The molecule has 13 heavy (non-hydrogen) atoms. The molecule has 0 unspecified atom stereocenters. The monoisotopic (exact) mass is 190 g/mol. The number of hydrogen-bond donors (Lipinski definition) is 0. The van der Waals surface area contributed by atoms with E-state index in [-0.39, 0.29) is 0 Å². The minimum atomic E-state index is -0.418. The van der Waals surface area contributed by atoms with Crippen LogP contribution in [0.2, 0.25) is 0 Å². The van der Waals surface area contributed by atoms with Crippen molar-refractivity contribution < 1.29 is 0 Å². The van der Waals surface area contributed by atoms with Crippen molar-refractivity contribution in [1.82, 2.24) is 0 Å². The van der Waals surface area contributed by atoms with E-state index in [4.69, 9.17) is 0 Å². The summed E-state index contributed by atoms with van der Waals surface area (Å²) in [5, 5.41) is 1.87. The molecule has 0 saturated carbocycles. The van der Waals surface area contributed by atoms with E-state index >= 15 is 0 Å². The third kappa shape index (κ3) is 1.01. The van der Waals surface area contributed by atoms with Crippen molar-refractivity contribution in [2.75, 3.05) is 0 Å². The third-order valence-corrected chi connectivity index (χ3v) is 2.81. The Hall–Kier alpha value is -1.48. The van der Waals surface area contributed by atoms with E-state index in [2.05, 4.69) is 6.58 Å². The molecule has 0 aliphatic rings. The molecule has 0 bridgehead atoms. The van der Waals surface area contributed by atoms with Crippen LogP contribution in [-0.2, 0) is 0 Å². The zero-order valence-electron chi connectivity index (χ0n) is 6.74. The lowest BCUT2D eigenvalue weighted by Gasteiger charge is -2.03. The van der Waals surface area contributed by atoms with Crippen LogP contribution in [0.5, 0.6) is 0 Å². The lowest BCUT2D eigenvalue weighted by Crippen LogP contribution is -2.35. The topological polar surface area (TPSA) is 34.1 Å². The summed E-state index contributed by atoms with van der Waals surface area (Å²) >= 11 is 1.45. The zero-order chi connectivity index (χ0) is 9.42. The van der Waals surface area contributed by atoms with Crippen LogP contribution < -0.4 is 10.9 Å². The van der Waals surface area contributed by atoms with Gasteiger partial charge in [-0.15, -0.1) is 11.3 Å². The summed E-state index contributed by atoms with van der Waals surface area (Å²) in [5.41, 5.74) is 0.165. The molecule has 0 saturated heterocycles. The molecule has 0 fully saturated rings. The Bertz CT molecular complexity index is 513. The summed E-state index contributed by atoms with van der Waals surface area (Å²) in [6.45, 7) is 3.50. The molecule has 0 atom stereocenters. The predicted molar refractivity (Wildman–Crippen MR) is 54.8 cm³/mol. The van der Waals surface area contributed by atoms with Crippen molar-refractivity contribution in [3.05, 3.63) is 50.1 Å². The predicted octanol–water partition coefficient (Wildman–Crippen LogP) is 1.65. The highest BCUT2D eigenvalue weighted by atomic mass is 32.1. The molecule has 2 aromatic rings. The Kier molecular flexibility index (Phi) is 1.74. The number of thiophene rings is 1. The van der Waals surface area contributed by atoms with Gasteiger partial charge in [0.15, 0.2) is 0 Å². The van der Waals surface area contributed by atoms with Crippen molar-refractivity contribution in [3.8, 4) is 10.4 Å². The average Bonchev–Trinajstić information content (AvgIpc) is 2.64. The highest BCUT2D eigenvalue weighted by Gasteiger charge is 2.19. The Morgan fingerprint density at radius 1 is 1.31 bits per heavy atom. The summed E-state index contributed by atoms with van der Waals surface area (Å²) in [4.78, 5) is 23.1. The van der Waals surface area contributed by atoms with Crippen LogP contribution in [0, 0.1) is 0 Å². The third-order valence-electron chi connectivity index (χ3n) is 1.92. The van der Waals surface area contributed by atoms with E-state index in [9.17, 15) is 9.59 Å². The highest BCUT2D eigenvalue weighted by Crippen LogP contribution is 2.24. The molecular formula is C10H6O2S. The normalized spacial score (nSPS) is 10.5. The molecule has 0 spiro atoms. The van der Waals surface area contributed by atoms with Crippen molar-refractivity contribution in [1.29, 1.82) is 0 Å². The number of hydrogen-bond acceptors (Lipinski definition) is 3. The standard InChI is InChI=1S/C10H6O2S/c1-2-6-8(10(12)9(6)11)7-4-3-5-13-7/h2-5H,1H2. The van der Waals surface area contributed by atoms with E-state index < -0.39 is 10.9 Å². The lowest BCUT2D eigenvalue weighted by atomic mass is 10.00. The molecule has 3 heteroatoms. The maximum Gasteiger partial charge on any atom is 0.235 e. The van der Waals surface area contributed by atoms with Gasteiger partial charge in [0.25, 0.3) is 0 Å². The Labute approximate surface area is 78.5 Å². The van der Waals surface area contributed by atoms with Gasteiger partial charge in [-0.3, -0.25) is 9.59 Å². The van der Waals surface area contributed by atoms with Crippen molar-refractivity contribution in [2.45, 2.75) is 0 Å². The molecule has 2 nitrogen and oxygen atoms in total. The summed E-state index contributed by atoms with van der Waals surface area (Å²) in [5.74, 6) is 0. The van der Waals surface area contributed by atoms with E-state index in [0.29, 0.717) is 11.1 Å². The smallest absolute Gasteiger partial charge is 0.235 e. The van der Waals surface area contributed by atoms with Gasteiger partial charge in [-0.25, -0.2) is 0 Å². The maximum atomic E-state index is 11.2. The molecule has 0 radical (unpaired) electrons. The number of rotatable bonds is 2. The van der Waals surface area contributed by atoms with Crippen LogP contribution in [0.3, 0.4) is 0 Å².